The SMILES string of the molecule is NC(=O)C[C@@H]1C[C]1Nc1cc2c3c(c1)nc(-c1ccc4sc(N)nc4c1)n3CCCO2. The lowest BCUT2D eigenvalue weighted by Gasteiger charge is -2.10. The lowest BCUT2D eigenvalue weighted by Crippen LogP contribution is -2.12. The first-order valence-electron chi connectivity index (χ1n) is 10.3. The third kappa shape index (κ3) is 3.25. The molecule has 2 aromatic carbocycles. The Morgan fingerprint density at radius 2 is 2.16 bits per heavy atom. The Morgan fingerprint density at radius 1 is 1.26 bits per heavy atom. The van der Waals surface area contributed by atoms with Gasteiger partial charge in [0.15, 0.2) is 5.13 Å². The number of ether oxygens (including phenoxy) is 1. The van der Waals surface area contributed by atoms with Crippen LogP contribution in [0, 0.1) is 12.0 Å². The van der Waals surface area contributed by atoms with Gasteiger partial charge in [0, 0.05) is 30.3 Å². The Morgan fingerprint density at radius 3 is 3.03 bits per heavy atom. The van der Waals surface area contributed by atoms with Crippen LogP contribution in [0.1, 0.15) is 19.3 Å². The highest BCUT2D eigenvalue weighted by Crippen LogP contribution is 2.45. The summed E-state index contributed by atoms with van der Waals surface area (Å²) in [6.07, 6.45) is 2.16. The zero-order valence-electron chi connectivity index (χ0n) is 16.7. The van der Waals surface area contributed by atoms with Gasteiger partial charge in [0.2, 0.25) is 5.91 Å². The molecule has 1 fully saturated rings. The Labute approximate surface area is 182 Å². The predicted octanol–water partition coefficient (Wildman–Crippen LogP) is 3.52. The molecule has 2 aliphatic rings. The van der Waals surface area contributed by atoms with E-state index in [-0.39, 0.29) is 11.8 Å². The highest BCUT2D eigenvalue weighted by atomic mass is 32.1. The van der Waals surface area contributed by atoms with Gasteiger partial charge in [-0.1, -0.05) is 11.3 Å². The van der Waals surface area contributed by atoms with Crippen LogP contribution in [0.25, 0.3) is 32.6 Å². The van der Waals surface area contributed by atoms with E-state index in [2.05, 4.69) is 27.0 Å². The van der Waals surface area contributed by atoms with E-state index in [0.29, 0.717) is 18.2 Å². The second-order valence-corrected chi connectivity index (χ2v) is 9.15. The number of amides is 1. The summed E-state index contributed by atoms with van der Waals surface area (Å²) in [7, 11) is 0. The molecule has 3 heterocycles. The van der Waals surface area contributed by atoms with Gasteiger partial charge < -0.3 is 26.1 Å². The quantitative estimate of drug-likeness (QED) is 0.443. The van der Waals surface area contributed by atoms with Crippen LogP contribution in [0.4, 0.5) is 10.8 Å². The first kappa shape index (κ1) is 18.4. The average Bonchev–Trinajstić information content (AvgIpc) is 3.22. The van der Waals surface area contributed by atoms with Crippen molar-refractivity contribution < 1.29 is 9.53 Å². The van der Waals surface area contributed by atoms with Crippen molar-refractivity contribution in [1.82, 2.24) is 14.5 Å². The number of carbonyl (C=O) groups excluding carboxylic acids is 1. The Bertz CT molecular complexity index is 1340. The van der Waals surface area contributed by atoms with E-state index < -0.39 is 0 Å². The first-order valence-corrected chi connectivity index (χ1v) is 11.1. The standard InChI is InChI=1S/C22H21N6O2S/c23-19(29)8-12-7-14(12)25-13-9-16-20-17(10-13)30-5-1-4-28(20)21(26-16)11-2-3-18-15(6-11)27-22(24)31-18/h2-3,6,9-10,12,25H,1,4-5,7-8H2,(H2,23,29)(H2,24,27)/t12-/m0/s1. The molecule has 1 saturated carbocycles. The van der Waals surface area contributed by atoms with Gasteiger partial charge in [0.1, 0.15) is 17.1 Å². The van der Waals surface area contributed by atoms with E-state index in [0.717, 1.165) is 69.5 Å². The molecule has 1 radical (unpaired) electrons. The number of nitrogens with zero attached hydrogens (tertiary/aromatic N) is 3. The number of aryl methyl sites for hydroxylation is 1. The van der Waals surface area contributed by atoms with Crippen LogP contribution in [0.15, 0.2) is 30.3 Å². The van der Waals surface area contributed by atoms with Gasteiger partial charge in [0.05, 0.1) is 28.4 Å². The van der Waals surface area contributed by atoms with Crippen LogP contribution in [-0.2, 0) is 11.3 Å². The van der Waals surface area contributed by atoms with Crippen molar-refractivity contribution in [2.75, 3.05) is 17.7 Å². The number of fused-ring (bicyclic) bond motifs is 1. The maximum Gasteiger partial charge on any atom is 0.217 e. The minimum absolute atomic E-state index is 0.221. The molecular weight excluding hydrogens is 412 g/mol. The monoisotopic (exact) mass is 433 g/mol. The number of nitrogens with one attached hydrogen (secondary N) is 1. The number of hydrogen-bond acceptors (Lipinski definition) is 7. The molecule has 1 aliphatic heterocycles. The number of imidazole rings is 1. The van der Waals surface area contributed by atoms with Crippen LogP contribution < -0.4 is 21.5 Å². The molecule has 0 spiro atoms. The molecule has 9 heteroatoms. The summed E-state index contributed by atoms with van der Waals surface area (Å²) >= 11 is 1.49. The van der Waals surface area contributed by atoms with E-state index in [1.807, 2.05) is 18.2 Å². The summed E-state index contributed by atoms with van der Waals surface area (Å²) in [6, 6.07) is 11.4. The minimum Gasteiger partial charge on any atom is -0.491 e. The van der Waals surface area contributed by atoms with E-state index in [9.17, 15) is 4.79 Å². The van der Waals surface area contributed by atoms with Crippen molar-refractivity contribution in [1.29, 1.82) is 0 Å². The van der Waals surface area contributed by atoms with Crippen LogP contribution >= 0.6 is 11.3 Å². The molecule has 1 aliphatic carbocycles. The third-order valence-corrected chi connectivity index (χ3v) is 6.67. The maximum atomic E-state index is 11.2. The third-order valence-electron chi connectivity index (χ3n) is 5.80. The fraction of sp³-hybridized carbons (Fsp3) is 0.273. The van der Waals surface area contributed by atoms with Gasteiger partial charge in [-0.2, -0.15) is 0 Å². The molecule has 1 atom stereocenters. The number of aromatic nitrogens is 3. The molecule has 0 unspecified atom stereocenters. The van der Waals surface area contributed by atoms with Gasteiger partial charge in [-0.3, -0.25) is 4.79 Å². The number of benzene rings is 2. The summed E-state index contributed by atoms with van der Waals surface area (Å²) in [6.45, 7) is 1.49. The second-order valence-electron chi connectivity index (χ2n) is 8.09. The predicted molar refractivity (Wildman–Crippen MR) is 122 cm³/mol. The summed E-state index contributed by atoms with van der Waals surface area (Å²) in [5, 5.41) is 4.00. The van der Waals surface area contributed by atoms with E-state index in [4.69, 9.17) is 21.2 Å². The second kappa shape index (κ2) is 6.84. The topological polar surface area (TPSA) is 121 Å². The van der Waals surface area contributed by atoms with Crippen molar-refractivity contribution in [2.24, 2.45) is 11.7 Å². The molecule has 8 nitrogen and oxygen atoms in total. The van der Waals surface area contributed by atoms with Gasteiger partial charge in [-0.15, -0.1) is 0 Å². The first-order chi connectivity index (χ1) is 15.0. The Hall–Kier alpha value is -3.33. The van der Waals surface area contributed by atoms with E-state index in [1.165, 1.54) is 11.3 Å². The van der Waals surface area contributed by atoms with Crippen molar-refractivity contribution in [3.63, 3.8) is 0 Å². The van der Waals surface area contributed by atoms with Crippen molar-refractivity contribution in [2.45, 2.75) is 25.8 Å². The number of nitrogens with two attached hydrogens (primary N) is 2. The highest BCUT2D eigenvalue weighted by Gasteiger charge is 2.39. The Balaban J connectivity index is 1.41. The fourth-order valence-corrected chi connectivity index (χ4v) is 5.04. The average molecular weight is 434 g/mol. The van der Waals surface area contributed by atoms with E-state index >= 15 is 0 Å². The number of hydrogen-bond donors (Lipinski definition) is 3. The zero-order chi connectivity index (χ0) is 21.1. The molecule has 1 amide bonds. The molecule has 4 aromatic rings. The van der Waals surface area contributed by atoms with Crippen LogP contribution in [0.3, 0.4) is 0 Å². The molecule has 5 N–H and O–H groups in total. The van der Waals surface area contributed by atoms with Crippen LogP contribution in [0.5, 0.6) is 5.75 Å². The van der Waals surface area contributed by atoms with Gasteiger partial charge in [-0.25, -0.2) is 9.97 Å². The number of nitrogen functional groups attached to an aromatic ring is 1. The number of rotatable bonds is 5. The summed E-state index contributed by atoms with van der Waals surface area (Å²) in [4.78, 5) is 20.6. The molecular formula is C22H21N6O2S. The largest absolute Gasteiger partial charge is 0.491 e. The van der Waals surface area contributed by atoms with Crippen molar-refractivity contribution >= 4 is 49.3 Å². The zero-order valence-corrected chi connectivity index (χ0v) is 17.5. The molecule has 31 heavy (non-hydrogen) atoms. The summed E-state index contributed by atoms with van der Waals surface area (Å²) in [5.74, 6) is 1.68. The summed E-state index contributed by atoms with van der Waals surface area (Å²) in [5.41, 5.74) is 15.9. The lowest BCUT2D eigenvalue weighted by molar-refractivity contribution is -0.118. The maximum absolute atomic E-state index is 11.2. The van der Waals surface area contributed by atoms with Gasteiger partial charge >= 0.3 is 0 Å². The molecule has 2 aromatic heterocycles. The van der Waals surface area contributed by atoms with Gasteiger partial charge in [-0.05, 0) is 43.0 Å². The molecule has 157 valence electrons. The smallest absolute Gasteiger partial charge is 0.217 e. The van der Waals surface area contributed by atoms with Crippen LogP contribution in [0.2, 0.25) is 0 Å². The minimum atomic E-state index is -0.269. The summed E-state index contributed by atoms with van der Waals surface area (Å²) < 4.78 is 9.37. The number of primary amides is 1. The molecule has 0 bridgehead atoms. The van der Waals surface area contributed by atoms with E-state index in [1.54, 1.807) is 0 Å². The normalized spacial score (nSPS) is 18.1. The highest BCUT2D eigenvalue weighted by molar-refractivity contribution is 7.22. The fourth-order valence-electron chi connectivity index (χ4n) is 4.32. The van der Waals surface area contributed by atoms with Crippen molar-refractivity contribution in [3.05, 3.63) is 36.4 Å². The molecule has 0 saturated heterocycles. The van der Waals surface area contributed by atoms with Crippen LogP contribution in [-0.4, -0.2) is 27.0 Å². The van der Waals surface area contributed by atoms with Crippen molar-refractivity contribution in [3.8, 4) is 17.1 Å². The van der Waals surface area contributed by atoms with Gasteiger partial charge in [0.25, 0.3) is 0 Å². The molecule has 6 rings (SSSR count). The number of anilines is 2. The lowest BCUT2D eigenvalue weighted by atomic mass is 10.2. The Kier molecular flexibility index (Phi) is 4.07. The number of thiazole rings is 1. The number of carbonyl (C=O) groups is 1.